The second kappa shape index (κ2) is 5.69. The topological polar surface area (TPSA) is 57.6 Å². The van der Waals surface area contributed by atoms with E-state index in [0.29, 0.717) is 29.4 Å². The molecule has 0 unspecified atom stereocenters. The second-order valence-electron chi connectivity index (χ2n) is 4.50. The molecule has 0 spiro atoms. The standard InChI is InChI=1S/C13H13BrFNO3/c14-10-4-3-9(15)6-8(10)7-12(17)16-5-1-2-11(16)13(18)19/h3-4,6,11H,1-2,5,7H2,(H,18,19)/t11-/m1/s1. The fourth-order valence-corrected chi connectivity index (χ4v) is 2.65. The number of likely N-dealkylation sites (tertiary alicyclic amines) is 1. The third kappa shape index (κ3) is 3.12. The van der Waals surface area contributed by atoms with Gasteiger partial charge in [0.05, 0.1) is 6.42 Å². The first-order valence-electron chi connectivity index (χ1n) is 5.95. The van der Waals surface area contributed by atoms with Gasteiger partial charge in [0.15, 0.2) is 0 Å². The van der Waals surface area contributed by atoms with E-state index in [2.05, 4.69) is 15.9 Å². The molecule has 102 valence electrons. The Hall–Kier alpha value is -1.43. The monoisotopic (exact) mass is 329 g/mol. The molecule has 0 saturated carbocycles. The Labute approximate surface area is 118 Å². The Bertz CT molecular complexity index is 521. The maximum Gasteiger partial charge on any atom is 0.326 e. The van der Waals surface area contributed by atoms with Gasteiger partial charge in [-0.3, -0.25) is 4.79 Å². The van der Waals surface area contributed by atoms with Gasteiger partial charge < -0.3 is 10.0 Å². The zero-order valence-corrected chi connectivity index (χ0v) is 11.7. The fraction of sp³-hybridized carbons (Fsp3) is 0.385. The van der Waals surface area contributed by atoms with Crippen molar-refractivity contribution in [1.29, 1.82) is 0 Å². The van der Waals surface area contributed by atoms with Gasteiger partial charge in [0.25, 0.3) is 0 Å². The van der Waals surface area contributed by atoms with Gasteiger partial charge in [0, 0.05) is 11.0 Å². The third-order valence-electron chi connectivity index (χ3n) is 3.21. The molecule has 6 heteroatoms. The number of aliphatic carboxylic acids is 1. The van der Waals surface area contributed by atoms with Crippen molar-refractivity contribution < 1.29 is 19.1 Å². The Kier molecular flexibility index (Phi) is 4.19. The van der Waals surface area contributed by atoms with E-state index in [1.54, 1.807) is 0 Å². The van der Waals surface area contributed by atoms with Crippen LogP contribution in [0.25, 0.3) is 0 Å². The summed E-state index contributed by atoms with van der Waals surface area (Å²) in [5, 5.41) is 9.03. The van der Waals surface area contributed by atoms with E-state index in [0.717, 1.165) is 0 Å². The highest BCUT2D eigenvalue weighted by Gasteiger charge is 2.33. The maximum absolute atomic E-state index is 13.1. The summed E-state index contributed by atoms with van der Waals surface area (Å²) >= 11 is 3.26. The Balaban J connectivity index is 2.12. The molecule has 1 fully saturated rings. The lowest BCUT2D eigenvalue weighted by atomic mass is 10.1. The fourth-order valence-electron chi connectivity index (χ4n) is 2.27. The minimum absolute atomic E-state index is 0.00211. The molecule has 1 aromatic rings. The number of hydrogen-bond donors (Lipinski definition) is 1. The zero-order chi connectivity index (χ0) is 14.0. The van der Waals surface area contributed by atoms with Crippen LogP contribution >= 0.6 is 15.9 Å². The third-order valence-corrected chi connectivity index (χ3v) is 3.98. The number of carbonyl (C=O) groups is 2. The summed E-state index contributed by atoms with van der Waals surface area (Å²) in [6.45, 7) is 0.447. The number of carboxylic acid groups (broad SMARTS) is 1. The van der Waals surface area contributed by atoms with Crippen LogP contribution in [-0.4, -0.2) is 34.5 Å². The van der Waals surface area contributed by atoms with Gasteiger partial charge in [-0.05, 0) is 36.6 Å². The molecule has 1 aliphatic heterocycles. The molecule has 1 atom stereocenters. The zero-order valence-electron chi connectivity index (χ0n) is 10.1. The molecule has 1 aliphatic rings. The number of carbonyl (C=O) groups excluding carboxylic acids is 1. The molecule has 1 heterocycles. The molecule has 0 aromatic heterocycles. The SMILES string of the molecule is O=C(O)[C@H]1CCCN1C(=O)Cc1cc(F)ccc1Br. The predicted octanol–water partition coefficient (Wildman–Crippen LogP) is 2.21. The number of benzene rings is 1. The summed E-state index contributed by atoms with van der Waals surface area (Å²) in [6.07, 6.45) is 1.17. The largest absolute Gasteiger partial charge is 0.480 e. The van der Waals surface area contributed by atoms with Crippen molar-refractivity contribution in [2.24, 2.45) is 0 Å². The molecule has 1 N–H and O–H groups in total. The second-order valence-corrected chi connectivity index (χ2v) is 5.35. The van der Waals surface area contributed by atoms with E-state index < -0.39 is 17.8 Å². The highest BCUT2D eigenvalue weighted by atomic mass is 79.9. The van der Waals surface area contributed by atoms with Crippen molar-refractivity contribution in [2.75, 3.05) is 6.54 Å². The molecular formula is C13H13BrFNO3. The van der Waals surface area contributed by atoms with Crippen LogP contribution in [0.1, 0.15) is 18.4 Å². The Morgan fingerprint density at radius 1 is 1.47 bits per heavy atom. The van der Waals surface area contributed by atoms with Crippen molar-refractivity contribution in [2.45, 2.75) is 25.3 Å². The summed E-state index contributed by atoms with van der Waals surface area (Å²) in [7, 11) is 0. The van der Waals surface area contributed by atoms with E-state index in [1.165, 1.54) is 23.1 Å². The number of rotatable bonds is 3. The summed E-state index contributed by atoms with van der Waals surface area (Å²) in [5.41, 5.74) is 0.529. The van der Waals surface area contributed by atoms with E-state index in [9.17, 15) is 14.0 Å². The van der Waals surface area contributed by atoms with Crippen LogP contribution in [0.4, 0.5) is 4.39 Å². The van der Waals surface area contributed by atoms with Crippen LogP contribution in [0, 0.1) is 5.82 Å². The molecular weight excluding hydrogens is 317 g/mol. The summed E-state index contributed by atoms with van der Waals surface area (Å²) in [4.78, 5) is 24.5. The molecule has 1 saturated heterocycles. The summed E-state index contributed by atoms with van der Waals surface area (Å²) < 4.78 is 13.8. The van der Waals surface area contributed by atoms with Gasteiger partial charge in [0.1, 0.15) is 11.9 Å². The molecule has 0 bridgehead atoms. The van der Waals surface area contributed by atoms with E-state index in [4.69, 9.17) is 5.11 Å². The Morgan fingerprint density at radius 3 is 2.89 bits per heavy atom. The van der Waals surface area contributed by atoms with Crippen LogP contribution in [0.3, 0.4) is 0 Å². The van der Waals surface area contributed by atoms with Gasteiger partial charge >= 0.3 is 5.97 Å². The summed E-state index contributed by atoms with van der Waals surface area (Å²) in [5.74, 6) is -1.68. The van der Waals surface area contributed by atoms with Gasteiger partial charge in [-0.2, -0.15) is 0 Å². The molecule has 4 nitrogen and oxygen atoms in total. The first-order chi connectivity index (χ1) is 8.99. The average molecular weight is 330 g/mol. The van der Waals surface area contributed by atoms with E-state index in [1.807, 2.05) is 0 Å². The minimum atomic E-state index is -0.982. The molecule has 0 aliphatic carbocycles. The normalized spacial score (nSPS) is 18.6. The minimum Gasteiger partial charge on any atom is -0.480 e. The van der Waals surface area contributed by atoms with Crippen molar-refractivity contribution in [3.63, 3.8) is 0 Å². The van der Waals surface area contributed by atoms with Crippen molar-refractivity contribution >= 4 is 27.8 Å². The van der Waals surface area contributed by atoms with Crippen molar-refractivity contribution in [1.82, 2.24) is 4.90 Å². The quantitative estimate of drug-likeness (QED) is 0.924. The highest BCUT2D eigenvalue weighted by Crippen LogP contribution is 2.22. The Morgan fingerprint density at radius 2 is 2.21 bits per heavy atom. The molecule has 2 rings (SSSR count). The number of hydrogen-bond acceptors (Lipinski definition) is 2. The highest BCUT2D eigenvalue weighted by molar-refractivity contribution is 9.10. The van der Waals surface area contributed by atoms with Gasteiger partial charge in [-0.1, -0.05) is 15.9 Å². The van der Waals surface area contributed by atoms with E-state index in [-0.39, 0.29) is 12.3 Å². The number of nitrogens with zero attached hydrogens (tertiary/aromatic N) is 1. The number of halogens is 2. The molecule has 1 aromatic carbocycles. The predicted molar refractivity (Wildman–Crippen MR) is 70.2 cm³/mol. The van der Waals surface area contributed by atoms with Gasteiger partial charge in [-0.25, -0.2) is 9.18 Å². The number of carboxylic acids is 1. The van der Waals surface area contributed by atoms with Crippen molar-refractivity contribution in [3.05, 3.63) is 34.1 Å². The van der Waals surface area contributed by atoms with Crippen LogP contribution in [0.2, 0.25) is 0 Å². The number of amides is 1. The van der Waals surface area contributed by atoms with Crippen LogP contribution in [0.15, 0.2) is 22.7 Å². The lowest BCUT2D eigenvalue weighted by molar-refractivity contribution is -0.148. The molecule has 0 radical (unpaired) electrons. The lowest BCUT2D eigenvalue weighted by Gasteiger charge is -2.21. The van der Waals surface area contributed by atoms with Gasteiger partial charge in [-0.15, -0.1) is 0 Å². The first kappa shape index (κ1) is 14.0. The summed E-state index contributed by atoms with van der Waals surface area (Å²) in [6, 6.07) is 3.37. The molecule has 1 amide bonds. The van der Waals surface area contributed by atoms with Crippen LogP contribution in [0.5, 0.6) is 0 Å². The lowest BCUT2D eigenvalue weighted by Crippen LogP contribution is -2.41. The first-order valence-corrected chi connectivity index (χ1v) is 6.74. The van der Waals surface area contributed by atoms with Crippen LogP contribution < -0.4 is 0 Å². The van der Waals surface area contributed by atoms with Gasteiger partial charge in [0.2, 0.25) is 5.91 Å². The average Bonchev–Trinajstić information content (AvgIpc) is 2.83. The van der Waals surface area contributed by atoms with E-state index >= 15 is 0 Å². The molecule has 19 heavy (non-hydrogen) atoms. The van der Waals surface area contributed by atoms with Crippen LogP contribution in [-0.2, 0) is 16.0 Å². The smallest absolute Gasteiger partial charge is 0.326 e. The maximum atomic E-state index is 13.1. The van der Waals surface area contributed by atoms with Crippen molar-refractivity contribution in [3.8, 4) is 0 Å².